The van der Waals surface area contributed by atoms with Gasteiger partial charge >= 0.3 is 5.97 Å². The monoisotopic (exact) mass is 303 g/mol. The van der Waals surface area contributed by atoms with Crippen molar-refractivity contribution in [2.75, 3.05) is 0 Å². The van der Waals surface area contributed by atoms with Crippen LogP contribution >= 0.6 is 23.2 Å². The van der Waals surface area contributed by atoms with Gasteiger partial charge < -0.3 is 4.74 Å². The topological polar surface area (TPSA) is 39.2 Å². The van der Waals surface area contributed by atoms with Crippen LogP contribution in [0.2, 0.25) is 10.2 Å². The highest BCUT2D eigenvalue weighted by atomic mass is 35.5. The lowest BCUT2D eigenvalue weighted by atomic mass is 10.1. The molecule has 0 fully saturated rings. The van der Waals surface area contributed by atoms with E-state index in [4.69, 9.17) is 27.9 Å². The molecule has 106 valence electrons. The minimum Gasteiger partial charge on any atom is -0.459 e. The summed E-state index contributed by atoms with van der Waals surface area (Å²) in [5.74, 6) is -0.447. The second-order valence-electron chi connectivity index (χ2n) is 4.55. The largest absolute Gasteiger partial charge is 0.459 e. The summed E-state index contributed by atoms with van der Waals surface area (Å²) < 4.78 is 5.34. The zero-order valence-corrected chi connectivity index (χ0v) is 12.8. The van der Waals surface area contributed by atoms with Crippen LogP contribution in [0.5, 0.6) is 0 Å². The van der Waals surface area contributed by atoms with Crippen molar-refractivity contribution in [2.24, 2.45) is 0 Å². The summed E-state index contributed by atoms with van der Waals surface area (Å²) in [5, 5.41) is 0.486. The molecule has 0 aliphatic heterocycles. The number of carbonyl (C=O) groups excluding carboxylic acids is 1. The molecule has 1 aromatic heterocycles. The van der Waals surface area contributed by atoms with Crippen molar-refractivity contribution in [1.82, 2.24) is 4.98 Å². The van der Waals surface area contributed by atoms with Gasteiger partial charge in [0.05, 0.1) is 16.7 Å². The van der Waals surface area contributed by atoms with Crippen LogP contribution in [0.3, 0.4) is 0 Å². The highest BCUT2D eigenvalue weighted by Crippen LogP contribution is 2.20. The number of halogens is 2. The van der Waals surface area contributed by atoms with E-state index in [1.54, 1.807) is 0 Å². The van der Waals surface area contributed by atoms with Gasteiger partial charge in [0.1, 0.15) is 5.15 Å². The molecule has 1 unspecified atom stereocenters. The van der Waals surface area contributed by atoms with Crippen molar-refractivity contribution >= 4 is 29.2 Å². The Morgan fingerprint density at radius 3 is 2.79 bits per heavy atom. The molecule has 19 heavy (non-hydrogen) atoms. The SMILES string of the molecule is CCCCCCC(C)OC(=O)c1cc(Cl)ncc1Cl. The highest BCUT2D eigenvalue weighted by molar-refractivity contribution is 6.34. The Bertz CT molecular complexity index is 424. The Kier molecular flexibility index (Phi) is 7.17. The molecule has 0 amide bonds. The van der Waals surface area contributed by atoms with Gasteiger partial charge in [0.25, 0.3) is 0 Å². The Balaban J connectivity index is 2.47. The molecular formula is C14H19Cl2NO2. The molecule has 0 radical (unpaired) electrons. The normalized spacial score (nSPS) is 12.2. The molecule has 0 aliphatic carbocycles. The summed E-state index contributed by atoms with van der Waals surface area (Å²) >= 11 is 11.6. The van der Waals surface area contributed by atoms with E-state index in [0.29, 0.717) is 0 Å². The molecule has 0 N–H and O–H groups in total. The fraction of sp³-hybridized carbons (Fsp3) is 0.571. The third kappa shape index (κ3) is 5.79. The van der Waals surface area contributed by atoms with Crippen molar-refractivity contribution in [1.29, 1.82) is 0 Å². The predicted octanol–water partition coefficient (Wildman–Crippen LogP) is 4.90. The second kappa shape index (κ2) is 8.39. The van der Waals surface area contributed by atoms with E-state index in [0.717, 1.165) is 12.8 Å². The van der Waals surface area contributed by atoms with Crippen molar-refractivity contribution in [3.05, 3.63) is 28.0 Å². The van der Waals surface area contributed by atoms with Gasteiger partial charge in [-0.15, -0.1) is 0 Å². The lowest BCUT2D eigenvalue weighted by Gasteiger charge is -2.13. The maximum absolute atomic E-state index is 11.9. The van der Waals surface area contributed by atoms with E-state index in [-0.39, 0.29) is 21.8 Å². The summed E-state index contributed by atoms with van der Waals surface area (Å²) in [7, 11) is 0. The first kappa shape index (κ1) is 16.3. The van der Waals surface area contributed by atoms with Crippen molar-refractivity contribution < 1.29 is 9.53 Å². The van der Waals surface area contributed by atoms with E-state index in [1.165, 1.54) is 31.5 Å². The number of aromatic nitrogens is 1. The van der Waals surface area contributed by atoms with Gasteiger partial charge in [0.15, 0.2) is 0 Å². The number of unbranched alkanes of at least 4 members (excludes halogenated alkanes) is 3. The maximum Gasteiger partial charge on any atom is 0.340 e. The molecule has 1 rings (SSSR count). The quantitative estimate of drug-likeness (QED) is 0.408. The van der Waals surface area contributed by atoms with E-state index in [1.807, 2.05) is 6.92 Å². The number of rotatable bonds is 7. The molecule has 0 aromatic carbocycles. The zero-order valence-electron chi connectivity index (χ0n) is 11.3. The van der Waals surface area contributed by atoms with Gasteiger partial charge in [0.2, 0.25) is 0 Å². The molecule has 0 spiro atoms. The minimum absolute atomic E-state index is 0.118. The Hall–Kier alpha value is -0.800. The molecule has 1 heterocycles. The Labute approximate surface area is 124 Å². The first-order valence-electron chi connectivity index (χ1n) is 6.56. The number of ether oxygens (including phenoxy) is 1. The fourth-order valence-corrected chi connectivity index (χ4v) is 2.07. The molecule has 0 saturated heterocycles. The van der Waals surface area contributed by atoms with Crippen LogP contribution in [0.15, 0.2) is 12.3 Å². The van der Waals surface area contributed by atoms with Crippen LogP contribution < -0.4 is 0 Å². The summed E-state index contributed by atoms with van der Waals surface area (Å²) in [6, 6.07) is 1.43. The van der Waals surface area contributed by atoms with Gasteiger partial charge in [-0.2, -0.15) is 0 Å². The van der Waals surface area contributed by atoms with Crippen LogP contribution in [-0.2, 0) is 4.74 Å². The van der Waals surface area contributed by atoms with Gasteiger partial charge in [-0.05, 0) is 25.8 Å². The molecule has 1 aromatic rings. The smallest absolute Gasteiger partial charge is 0.340 e. The van der Waals surface area contributed by atoms with Crippen molar-refractivity contribution in [2.45, 2.75) is 52.1 Å². The summed E-state index contributed by atoms with van der Waals surface area (Å²) in [6.07, 6.45) is 6.74. The highest BCUT2D eigenvalue weighted by Gasteiger charge is 2.16. The third-order valence-corrected chi connectivity index (χ3v) is 3.32. The van der Waals surface area contributed by atoms with E-state index in [2.05, 4.69) is 11.9 Å². The van der Waals surface area contributed by atoms with Gasteiger partial charge in [-0.25, -0.2) is 9.78 Å². The molecule has 5 heteroatoms. The molecule has 0 aliphatic rings. The van der Waals surface area contributed by atoms with Crippen molar-refractivity contribution in [3.8, 4) is 0 Å². The average Bonchev–Trinajstić information content (AvgIpc) is 2.37. The Morgan fingerprint density at radius 1 is 1.37 bits per heavy atom. The van der Waals surface area contributed by atoms with Crippen LogP contribution in [0.4, 0.5) is 0 Å². The molecular weight excluding hydrogens is 285 g/mol. The van der Waals surface area contributed by atoms with Crippen LogP contribution in [0.1, 0.15) is 56.3 Å². The maximum atomic E-state index is 11.9. The van der Waals surface area contributed by atoms with Crippen LogP contribution in [-0.4, -0.2) is 17.1 Å². The van der Waals surface area contributed by atoms with Gasteiger partial charge in [-0.3, -0.25) is 0 Å². The Morgan fingerprint density at radius 2 is 2.11 bits per heavy atom. The van der Waals surface area contributed by atoms with Gasteiger partial charge in [0, 0.05) is 6.20 Å². The average molecular weight is 304 g/mol. The number of hydrogen-bond donors (Lipinski definition) is 0. The number of nitrogens with zero attached hydrogens (tertiary/aromatic N) is 1. The lowest BCUT2D eigenvalue weighted by Crippen LogP contribution is -2.15. The number of esters is 1. The second-order valence-corrected chi connectivity index (χ2v) is 5.35. The first-order valence-corrected chi connectivity index (χ1v) is 7.32. The van der Waals surface area contributed by atoms with Gasteiger partial charge in [-0.1, -0.05) is 49.4 Å². The summed E-state index contributed by atoms with van der Waals surface area (Å²) in [4.78, 5) is 15.7. The van der Waals surface area contributed by atoms with Crippen molar-refractivity contribution in [3.63, 3.8) is 0 Å². The minimum atomic E-state index is -0.447. The third-order valence-electron chi connectivity index (χ3n) is 2.81. The first-order chi connectivity index (χ1) is 9.04. The molecule has 0 saturated carbocycles. The summed E-state index contributed by atoms with van der Waals surface area (Å²) in [6.45, 7) is 4.05. The van der Waals surface area contributed by atoms with Crippen LogP contribution in [0.25, 0.3) is 0 Å². The molecule has 3 nitrogen and oxygen atoms in total. The van der Waals surface area contributed by atoms with E-state index in [9.17, 15) is 4.79 Å². The zero-order chi connectivity index (χ0) is 14.3. The predicted molar refractivity (Wildman–Crippen MR) is 77.9 cm³/mol. The van der Waals surface area contributed by atoms with Crippen LogP contribution in [0, 0.1) is 0 Å². The number of pyridine rings is 1. The van der Waals surface area contributed by atoms with E-state index < -0.39 is 5.97 Å². The fourth-order valence-electron chi connectivity index (χ4n) is 1.73. The molecule has 0 bridgehead atoms. The number of carbonyl (C=O) groups is 1. The van der Waals surface area contributed by atoms with E-state index >= 15 is 0 Å². The number of hydrogen-bond acceptors (Lipinski definition) is 3. The summed E-state index contributed by atoms with van der Waals surface area (Å²) in [5.41, 5.74) is 0.266. The lowest BCUT2D eigenvalue weighted by molar-refractivity contribution is 0.0319. The molecule has 1 atom stereocenters. The standard InChI is InChI=1S/C14H19Cl2NO2/c1-3-4-5-6-7-10(2)19-14(18)11-8-13(16)17-9-12(11)15/h8-10H,3-7H2,1-2H3.